The number of para-hydroxylation sites is 1. The number of carboxylic acid groups (broad SMARTS) is 1. The Morgan fingerprint density at radius 3 is 2.20 bits per heavy atom. The predicted octanol–water partition coefficient (Wildman–Crippen LogP) is 4.24. The van der Waals surface area contributed by atoms with Crippen LogP contribution in [0, 0.1) is 0 Å². The highest BCUT2D eigenvalue weighted by atomic mass is 32.2. The first-order valence-corrected chi connectivity index (χ1v) is 10.1. The van der Waals surface area contributed by atoms with Crippen molar-refractivity contribution in [1.82, 2.24) is 0 Å². The van der Waals surface area contributed by atoms with Crippen molar-refractivity contribution in [3.63, 3.8) is 0 Å². The quantitative estimate of drug-likeness (QED) is 0.295. The second-order valence-electron chi connectivity index (χ2n) is 6.58. The Hall–Kier alpha value is -3.62. The molecule has 0 aromatic heterocycles. The van der Waals surface area contributed by atoms with Crippen LogP contribution in [0.15, 0.2) is 71.6 Å². The molecule has 7 nitrogen and oxygen atoms in total. The number of nitrogen functional groups attached to an aromatic ring is 2. The molecule has 1 atom stereocenters. The van der Waals surface area contributed by atoms with Gasteiger partial charge in [0, 0.05) is 16.9 Å². The summed E-state index contributed by atoms with van der Waals surface area (Å²) in [7, 11) is 0. The van der Waals surface area contributed by atoms with Gasteiger partial charge in [-0.15, -0.1) is 0 Å². The van der Waals surface area contributed by atoms with Gasteiger partial charge in [-0.05, 0) is 54.4 Å². The Labute approximate surface area is 176 Å². The van der Waals surface area contributed by atoms with Crippen LogP contribution in [0.25, 0.3) is 16.8 Å². The zero-order valence-electron chi connectivity index (χ0n) is 16.1. The SMILES string of the molecule is C/C(=C(/Nc1ccccc1C(=O)O)c1cc(-c2ccc(N)cc2)ccc1N)S(=O)O. The number of aromatic carboxylic acids is 1. The summed E-state index contributed by atoms with van der Waals surface area (Å²) in [5, 5.41) is 12.5. The number of carbonyl (C=O) groups is 1. The Morgan fingerprint density at radius 1 is 0.933 bits per heavy atom. The first-order valence-electron chi connectivity index (χ1n) is 8.95. The minimum Gasteiger partial charge on any atom is -0.478 e. The molecule has 0 aliphatic carbocycles. The molecule has 0 aliphatic heterocycles. The third-order valence-corrected chi connectivity index (χ3v) is 5.33. The highest BCUT2D eigenvalue weighted by Gasteiger charge is 2.17. The van der Waals surface area contributed by atoms with Gasteiger partial charge in [0.1, 0.15) is 0 Å². The molecule has 7 N–H and O–H groups in total. The third-order valence-electron chi connectivity index (χ3n) is 4.60. The van der Waals surface area contributed by atoms with Crippen molar-refractivity contribution in [2.45, 2.75) is 6.92 Å². The zero-order chi connectivity index (χ0) is 21.8. The van der Waals surface area contributed by atoms with E-state index >= 15 is 0 Å². The lowest BCUT2D eigenvalue weighted by atomic mass is 9.99. The van der Waals surface area contributed by atoms with Crippen LogP contribution in [0.3, 0.4) is 0 Å². The Bertz CT molecular complexity index is 1160. The molecule has 0 fully saturated rings. The van der Waals surface area contributed by atoms with Crippen molar-refractivity contribution in [2.24, 2.45) is 0 Å². The summed E-state index contributed by atoms with van der Waals surface area (Å²) in [6.07, 6.45) is 0. The summed E-state index contributed by atoms with van der Waals surface area (Å²) >= 11 is -2.30. The summed E-state index contributed by atoms with van der Waals surface area (Å²) in [6.45, 7) is 1.48. The number of allylic oxidation sites excluding steroid dienone is 1. The van der Waals surface area contributed by atoms with E-state index in [0.717, 1.165) is 11.1 Å². The number of rotatable bonds is 6. The Morgan fingerprint density at radius 2 is 1.57 bits per heavy atom. The van der Waals surface area contributed by atoms with E-state index in [4.69, 9.17) is 11.5 Å². The third kappa shape index (κ3) is 4.51. The molecule has 0 saturated carbocycles. The van der Waals surface area contributed by atoms with Gasteiger partial charge in [0.15, 0.2) is 11.1 Å². The van der Waals surface area contributed by atoms with E-state index in [2.05, 4.69) is 5.32 Å². The van der Waals surface area contributed by atoms with E-state index in [1.165, 1.54) is 13.0 Å². The maximum absolute atomic E-state index is 11.9. The van der Waals surface area contributed by atoms with E-state index in [-0.39, 0.29) is 21.9 Å². The minimum absolute atomic E-state index is 0.0276. The number of hydrogen-bond acceptors (Lipinski definition) is 5. The summed E-state index contributed by atoms with van der Waals surface area (Å²) in [5.41, 5.74) is 15.7. The molecule has 0 amide bonds. The smallest absolute Gasteiger partial charge is 0.337 e. The average Bonchev–Trinajstić information content (AvgIpc) is 2.73. The summed E-state index contributed by atoms with van der Waals surface area (Å²) < 4.78 is 21.6. The average molecular weight is 423 g/mol. The van der Waals surface area contributed by atoms with Crippen LogP contribution >= 0.6 is 0 Å². The van der Waals surface area contributed by atoms with Crippen LogP contribution < -0.4 is 16.8 Å². The van der Waals surface area contributed by atoms with Gasteiger partial charge in [-0.3, -0.25) is 0 Å². The molecule has 3 aromatic carbocycles. The molecular weight excluding hydrogens is 402 g/mol. The fourth-order valence-electron chi connectivity index (χ4n) is 2.97. The monoisotopic (exact) mass is 423 g/mol. The molecule has 8 heteroatoms. The lowest BCUT2D eigenvalue weighted by Crippen LogP contribution is -2.10. The van der Waals surface area contributed by atoms with Crippen LogP contribution in [0.1, 0.15) is 22.8 Å². The van der Waals surface area contributed by atoms with Gasteiger partial charge < -0.3 is 26.4 Å². The summed E-state index contributed by atoms with van der Waals surface area (Å²) in [5.74, 6) is -1.12. The molecule has 0 bridgehead atoms. The van der Waals surface area contributed by atoms with Gasteiger partial charge in [-0.2, -0.15) is 0 Å². The van der Waals surface area contributed by atoms with Crippen molar-refractivity contribution in [3.05, 3.63) is 82.8 Å². The molecule has 30 heavy (non-hydrogen) atoms. The molecular formula is C22H21N3O4S. The lowest BCUT2D eigenvalue weighted by Gasteiger charge is -2.18. The van der Waals surface area contributed by atoms with Crippen molar-refractivity contribution in [2.75, 3.05) is 16.8 Å². The van der Waals surface area contributed by atoms with E-state index < -0.39 is 17.0 Å². The fourth-order valence-corrected chi connectivity index (χ4v) is 3.31. The Kier molecular flexibility index (Phi) is 6.20. The lowest BCUT2D eigenvalue weighted by molar-refractivity contribution is 0.0698. The molecule has 0 heterocycles. The zero-order valence-corrected chi connectivity index (χ0v) is 16.9. The van der Waals surface area contributed by atoms with Gasteiger partial charge >= 0.3 is 5.97 Å². The number of anilines is 3. The second-order valence-corrected chi connectivity index (χ2v) is 7.69. The van der Waals surface area contributed by atoms with Crippen LogP contribution in [-0.2, 0) is 11.1 Å². The molecule has 3 aromatic rings. The summed E-state index contributed by atoms with van der Waals surface area (Å²) in [4.78, 5) is 11.7. The van der Waals surface area contributed by atoms with Crippen LogP contribution in [0.2, 0.25) is 0 Å². The number of hydrogen-bond donors (Lipinski definition) is 5. The van der Waals surface area contributed by atoms with Crippen LogP contribution in [0.5, 0.6) is 0 Å². The van der Waals surface area contributed by atoms with E-state index in [1.807, 2.05) is 18.2 Å². The second kappa shape index (κ2) is 8.81. The van der Waals surface area contributed by atoms with Crippen LogP contribution in [0.4, 0.5) is 17.1 Å². The van der Waals surface area contributed by atoms with Crippen molar-refractivity contribution in [3.8, 4) is 11.1 Å². The van der Waals surface area contributed by atoms with Gasteiger partial charge in [0.2, 0.25) is 0 Å². The highest BCUT2D eigenvalue weighted by Crippen LogP contribution is 2.32. The number of carboxylic acids is 1. The number of benzene rings is 3. The topological polar surface area (TPSA) is 139 Å². The van der Waals surface area contributed by atoms with Crippen LogP contribution in [-0.4, -0.2) is 19.8 Å². The van der Waals surface area contributed by atoms with Gasteiger partial charge in [0.05, 0.1) is 21.9 Å². The number of nitrogens with two attached hydrogens (primary N) is 2. The molecule has 0 saturated heterocycles. The maximum Gasteiger partial charge on any atom is 0.337 e. The molecule has 0 radical (unpaired) electrons. The Balaban J connectivity index is 2.16. The van der Waals surface area contributed by atoms with Crippen molar-refractivity contribution >= 4 is 39.8 Å². The first-order chi connectivity index (χ1) is 14.3. The fraction of sp³-hybridized carbons (Fsp3) is 0.0455. The minimum atomic E-state index is -2.30. The standard InChI is InChI=1S/C22H21N3O4S/c1-13(30(28)29)21(25-20-5-3-2-4-17(20)22(26)27)18-12-15(8-11-19(18)24)14-6-9-16(23)10-7-14/h2-12,25H,23-24H2,1H3,(H,26,27)(H,28,29)/b21-13-. The van der Waals surface area contributed by atoms with Gasteiger partial charge in [0.25, 0.3) is 0 Å². The first kappa shape index (κ1) is 21.1. The van der Waals surface area contributed by atoms with Gasteiger partial charge in [-0.1, -0.05) is 30.3 Å². The van der Waals surface area contributed by atoms with E-state index in [1.54, 1.807) is 42.5 Å². The van der Waals surface area contributed by atoms with Crippen molar-refractivity contribution < 1.29 is 18.7 Å². The maximum atomic E-state index is 11.9. The highest BCUT2D eigenvalue weighted by molar-refractivity contribution is 7.83. The summed E-state index contributed by atoms with van der Waals surface area (Å²) in [6, 6.07) is 18.9. The largest absolute Gasteiger partial charge is 0.478 e. The van der Waals surface area contributed by atoms with Crippen molar-refractivity contribution in [1.29, 1.82) is 0 Å². The number of nitrogens with one attached hydrogen (secondary N) is 1. The molecule has 1 unspecified atom stereocenters. The molecule has 154 valence electrons. The normalized spacial score (nSPS) is 12.7. The van der Waals surface area contributed by atoms with E-state index in [9.17, 15) is 18.7 Å². The molecule has 3 rings (SSSR count). The van der Waals surface area contributed by atoms with Gasteiger partial charge in [-0.25, -0.2) is 9.00 Å². The molecule has 0 spiro atoms. The predicted molar refractivity (Wildman–Crippen MR) is 121 cm³/mol. The van der Waals surface area contributed by atoms with E-state index in [0.29, 0.717) is 16.9 Å². The molecule has 0 aliphatic rings.